The Morgan fingerprint density at radius 3 is 2.48 bits per heavy atom. The number of halogens is 1. The molecule has 3 nitrogen and oxygen atoms in total. The molecule has 0 spiro atoms. The van der Waals surface area contributed by atoms with E-state index in [1.54, 1.807) is 0 Å². The Morgan fingerprint density at radius 2 is 1.70 bits per heavy atom. The van der Waals surface area contributed by atoms with Crippen LogP contribution < -0.4 is 4.74 Å². The molecule has 0 radical (unpaired) electrons. The number of fused-ring (bicyclic) bond motifs is 2. The molecule has 3 aromatic carbocycles. The summed E-state index contributed by atoms with van der Waals surface area (Å²) in [6.45, 7) is 0.179. The van der Waals surface area contributed by atoms with Crippen molar-refractivity contribution in [1.29, 1.82) is 0 Å². The van der Waals surface area contributed by atoms with E-state index in [0.717, 1.165) is 26.4 Å². The minimum atomic E-state index is -0.0467. The molecule has 0 fully saturated rings. The predicted molar refractivity (Wildman–Crippen MR) is 93.1 cm³/mol. The van der Waals surface area contributed by atoms with Crippen molar-refractivity contribution in [2.75, 3.05) is 13.2 Å². The van der Waals surface area contributed by atoms with Crippen LogP contribution in [0.2, 0.25) is 0 Å². The van der Waals surface area contributed by atoms with E-state index in [9.17, 15) is 4.79 Å². The maximum Gasteiger partial charge on any atom is 0.194 e. The zero-order valence-electron chi connectivity index (χ0n) is 12.2. The van der Waals surface area contributed by atoms with Gasteiger partial charge in [-0.3, -0.25) is 4.79 Å². The normalized spacial score (nSPS) is 12.3. The van der Waals surface area contributed by atoms with Gasteiger partial charge in [-0.25, -0.2) is 0 Å². The van der Waals surface area contributed by atoms with Gasteiger partial charge in [-0.15, -0.1) is 0 Å². The zero-order valence-corrected chi connectivity index (χ0v) is 13.8. The van der Waals surface area contributed by atoms with Gasteiger partial charge in [-0.05, 0) is 33.1 Å². The number of carbonyl (C=O) groups is 1. The molecule has 0 saturated heterocycles. The second-order valence-electron chi connectivity index (χ2n) is 5.41. The monoisotopic (exact) mass is 368 g/mol. The molecule has 1 N–H and O–H groups in total. The van der Waals surface area contributed by atoms with Crippen molar-refractivity contribution in [2.45, 2.75) is 0 Å². The van der Waals surface area contributed by atoms with Crippen LogP contribution in [-0.4, -0.2) is 24.1 Å². The second-order valence-corrected chi connectivity index (χ2v) is 6.20. The Labute approximate surface area is 141 Å². The summed E-state index contributed by atoms with van der Waals surface area (Å²) in [6.07, 6.45) is 0. The van der Waals surface area contributed by atoms with Crippen LogP contribution in [0.15, 0.2) is 53.0 Å². The third-order valence-corrected chi connectivity index (χ3v) is 4.94. The number of hydrogen-bond acceptors (Lipinski definition) is 3. The number of carbonyl (C=O) groups excluding carboxylic acids is 1. The third kappa shape index (κ3) is 2.10. The summed E-state index contributed by atoms with van der Waals surface area (Å²) in [6, 6.07) is 15.3. The molecule has 0 amide bonds. The molecule has 4 rings (SSSR count). The summed E-state index contributed by atoms with van der Waals surface area (Å²) in [5, 5.41) is 10.9. The average molecular weight is 369 g/mol. The van der Waals surface area contributed by atoms with E-state index in [2.05, 4.69) is 15.9 Å². The van der Waals surface area contributed by atoms with Gasteiger partial charge in [0, 0.05) is 21.9 Å². The molecule has 0 aliphatic heterocycles. The van der Waals surface area contributed by atoms with E-state index in [0.29, 0.717) is 16.9 Å². The van der Waals surface area contributed by atoms with Crippen LogP contribution in [0, 0.1) is 0 Å². The van der Waals surface area contributed by atoms with Gasteiger partial charge in [0.05, 0.1) is 11.1 Å². The van der Waals surface area contributed by atoms with Crippen molar-refractivity contribution >= 4 is 32.5 Å². The van der Waals surface area contributed by atoms with Crippen LogP contribution in [-0.2, 0) is 0 Å². The van der Waals surface area contributed by atoms with Gasteiger partial charge in [0.25, 0.3) is 0 Å². The standard InChI is InChI=1S/C19H13BrO3/c20-18-13-6-3-7-14-17(13)15(10-16(18)23-9-8-21)11-4-1-2-5-12(11)19(14)22/h1-7,10,21H,8-9H2. The minimum Gasteiger partial charge on any atom is -0.490 e. The van der Waals surface area contributed by atoms with E-state index in [4.69, 9.17) is 9.84 Å². The summed E-state index contributed by atoms with van der Waals surface area (Å²) in [4.78, 5) is 12.8. The Morgan fingerprint density at radius 1 is 0.957 bits per heavy atom. The van der Waals surface area contributed by atoms with Crippen molar-refractivity contribution in [2.24, 2.45) is 0 Å². The highest BCUT2D eigenvalue weighted by atomic mass is 79.9. The molecule has 1 aliphatic rings. The van der Waals surface area contributed by atoms with E-state index >= 15 is 0 Å². The Balaban J connectivity index is 2.11. The molecular weight excluding hydrogens is 356 g/mol. The first-order valence-electron chi connectivity index (χ1n) is 7.35. The first-order valence-corrected chi connectivity index (χ1v) is 8.14. The fourth-order valence-corrected chi connectivity index (χ4v) is 3.71. The largest absolute Gasteiger partial charge is 0.490 e. The highest BCUT2D eigenvalue weighted by molar-refractivity contribution is 9.10. The molecule has 4 heteroatoms. The summed E-state index contributed by atoms with van der Waals surface area (Å²) in [5.74, 6) is 0.720. The molecule has 23 heavy (non-hydrogen) atoms. The van der Waals surface area contributed by atoms with Crippen LogP contribution in [0.1, 0.15) is 15.9 Å². The van der Waals surface area contributed by atoms with E-state index in [-0.39, 0.29) is 19.0 Å². The van der Waals surface area contributed by atoms with Gasteiger partial charge >= 0.3 is 0 Å². The molecule has 0 heterocycles. The van der Waals surface area contributed by atoms with Crippen LogP contribution in [0.4, 0.5) is 0 Å². The molecule has 3 aromatic rings. The fourth-order valence-electron chi connectivity index (χ4n) is 3.15. The van der Waals surface area contributed by atoms with Crippen LogP contribution in [0.25, 0.3) is 21.9 Å². The highest BCUT2D eigenvalue weighted by Gasteiger charge is 2.26. The molecule has 0 aromatic heterocycles. The van der Waals surface area contributed by atoms with Crippen molar-refractivity contribution in [3.63, 3.8) is 0 Å². The summed E-state index contributed by atoms with van der Waals surface area (Å²) < 4.78 is 6.46. The van der Waals surface area contributed by atoms with Crippen LogP contribution >= 0.6 is 15.9 Å². The van der Waals surface area contributed by atoms with E-state index in [1.165, 1.54) is 0 Å². The lowest BCUT2D eigenvalue weighted by Crippen LogP contribution is -2.10. The van der Waals surface area contributed by atoms with Gasteiger partial charge in [0.1, 0.15) is 12.4 Å². The summed E-state index contributed by atoms with van der Waals surface area (Å²) >= 11 is 3.58. The van der Waals surface area contributed by atoms with Crippen molar-refractivity contribution < 1.29 is 14.6 Å². The van der Waals surface area contributed by atoms with Gasteiger partial charge in [0.15, 0.2) is 5.78 Å². The number of ether oxygens (including phenoxy) is 1. The number of hydrogen-bond donors (Lipinski definition) is 1. The summed E-state index contributed by atoms with van der Waals surface area (Å²) in [7, 11) is 0. The Hall–Kier alpha value is -2.17. The maximum absolute atomic E-state index is 12.8. The van der Waals surface area contributed by atoms with Crippen molar-refractivity contribution in [3.8, 4) is 16.9 Å². The van der Waals surface area contributed by atoms with E-state index in [1.807, 2.05) is 48.5 Å². The molecular formula is C19H13BrO3. The predicted octanol–water partition coefficient (Wildman–Crippen LogP) is 4.18. The number of benzene rings is 3. The van der Waals surface area contributed by atoms with E-state index < -0.39 is 0 Å². The topological polar surface area (TPSA) is 46.5 Å². The third-order valence-electron chi connectivity index (χ3n) is 4.12. The zero-order chi connectivity index (χ0) is 16.0. The Bertz CT molecular complexity index is 947. The average Bonchev–Trinajstić information content (AvgIpc) is 2.60. The van der Waals surface area contributed by atoms with Crippen molar-refractivity contribution in [3.05, 3.63) is 64.1 Å². The summed E-state index contributed by atoms with van der Waals surface area (Å²) in [5.41, 5.74) is 3.33. The molecule has 1 aliphatic carbocycles. The first-order chi connectivity index (χ1) is 11.2. The lowest BCUT2D eigenvalue weighted by molar-refractivity contribution is 0.104. The number of ketones is 1. The first kappa shape index (κ1) is 14.4. The SMILES string of the molecule is O=C1c2ccccc2-c2cc(OCCO)c(Br)c3cccc1c23. The van der Waals surface area contributed by atoms with Crippen molar-refractivity contribution in [1.82, 2.24) is 0 Å². The quantitative estimate of drug-likeness (QED) is 0.589. The molecule has 0 atom stereocenters. The second kappa shape index (κ2) is 5.48. The van der Waals surface area contributed by atoms with Crippen LogP contribution in [0.3, 0.4) is 0 Å². The number of rotatable bonds is 3. The minimum absolute atomic E-state index is 0.0467. The molecule has 0 unspecified atom stereocenters. The molecule has 0 saturated carbocycles. The molecule has 114 valence electrons. The number of aliphatic hydroxyl groups is 1. The van der Waals surface area contributed by atoms with Gasteiger partial charge in [-0.1, -0.05) is 42.5 Å². The fraction of sp³-hybridized carbons (Fsp3) is 0.105. The number of aliphatic hydroxyl groups excluding tert-OH is 1. The Kier molecular flexibility index (Phi) is 3.43. The molecule has 0 bridgehead atoms. The van der Waals surface area contributed by atoms with Gasteiger partial charge < -0.3 is 9.84 Å². The van der Waals surface area contributed by atoms with Gasteiger partial charge in [0.2, 0.25) is 0 Å². The highest BCUT2D eigenvalue weighted by Crippen LogP contribution is 2.45. The lowest BCUT2D eigenvalue weighted by atomic mass is 9.83. The van der Waals surface area contributed by atoms with Crippen LogP contribution in [0.5, 0.6) is 5.75 Å². The lowest BCUT2D eigenvalue weighted by Gasteiger charge is -2.22. The van der Waals surface area contributed by atoms with Gasteiger partial charge in [-0.2, -0.15) is 0 Å². The maximum atomic E-state index is 12.8. The smallest absolute Gasteiger partial charge is 0.194 e.